The maximum atomic E-state index is 11.8. The van der Waals surface area contributed by atoms with Gasteiger partial charge < -0.3 is 10.6 Å². The first-order chi connectivity index (χ1) is 8.50. The van der Waals surface area contributed by atoms with E-state index in [0.29, 0.717) is 23.8 Å². The maximum Gasteiger partial charge on any atom is 0.315 e. The first-order valence-corrected chi connectivity index (χ1v) is 7.55. The Hall–Kier alpha value is -0.730. The van der Waals surface area contributed by atoms with Gasteiger partial charge in [0.1, 0.15) is 0 Å². The predicted molar refractivity (Wildman–Crippen MR) is 76.6 cm³/mol. The summed E-state index contributed by atoms with van der Waals surface area (Å²) in [6, 6.07) is 0.420. The number of amides is 2. The van der Waals surface area contributed by atoms with Crippen LogP contribution in [0.1, 0.15) is 59.8 Å². The fourth-order valence-corrected chi connectivity index (χ4v) is 2.94. The lowest BCUT2D eigenvalue weighted by atomic mass is 9.85. The van der Waals surface area contributed by atoms with Crippen molar-refractivity contribution in [2.24, 2.45) is 17.8 Å². The zero-order valence-corrected chi connectivity index (χ0v) is 12.5. The summed E-state index contributed by atoms with van der Waals surface area (Å²) in [6.45, 7) is 9.70. The predicted octanol–water partition coefficient (Wildman–Crippen LogP) is 3.55. The molecule has 1 aliphatic rings. The molecule has 1 rings (SSSR count). The van der Waals surface area contributed by atoms with Crippen molar-refractivity contribution in [1.29, 1.82) is 0 Å². The van der Waals surface area contributed by atoms with Crippen LogP contribution < -0.4 is 10.6 Å². The van der Waals surface area contributed by atoms with Gasteiger partial charge in [-0.05, 0) is 30.6 Å². The highest BCUT2D eigenvalue weighted by molar-refractivity contribution is 5.74. The largest absolute Gasteiger partial charge is 0.338 e. The van der Waals surface area contributed by atoms with E-state index in [-0.39, 0.29) is 6.03 Å². The third-order valence-corrected chi connectivity index (χ3v) is 4.15. The Morgan fingerprint density at radius 3 is 2.11 bits per heavy atom. The highest BCUT2D eigenvalue weighted by Gasteiger charge is 2.19. The van der Waals surface area contributed by atoms with Crippen LogP contribution >= 0.6 is 0 Å². The standard InChI is InChI=1S/C15H30N2O/c1-11(2)14(12(3)4)10-16-15(18)17-13-8-6-5-7-9-13/h11-14H,5-10H2,1-4H3,(H2,16,17,18). The van der Waals surface area contributed by atoms with E-state index in [1.807, 2.05) is 0 Å². The van der Waals surface area contributed by atoms with Gasteiger partial charge in [0.2, 0.25) is 0 Å². The lowest BCUT2D eigenvalue weighted by Crippen LogP contribution is -2.45. The van der Waals surface area contributed by atoms with Crippen LogP contribution in [0.3, 0.4) is 0 Å². The molecule has 0 saturated heterocycles. The Kier molecular flexibility index (Phi) is 6.51. The van der Waals surface area contributed by atoms with Gasteiger partial charge in [-0.25, -0.2) is 4.79 Å². The Bertz CT molecular complexity index is 237. The number of urea groups is 1. The van der Waals surface area contributed by atoms with Crippen LogP contribution in [0.25, 0.3) is 0 Å². The van der Waals surface area contributed by atoms with Gasteiger partial charge in [0, 0.05) is 12.6 Å². The summed E-state index contributed by atoms with van der Waals surface area (Å²) in [5, 5.41) is 6.14. The SMILES string of the molecule is CC(C)C(CNC(=O)NC1CCCCC1)C(C)C. The summed E-state index contributed by atoms with van der Waals surface area (Å²) < 4.78 is 0. The minimum Gasteiger partial charge on any atom is -0.338 e. The normalized spacial score (nSPS) is 17.5. The lowest BCUT2D eigenvalue weighted by Gasteiger charge is -2.27. The average Bonchev–Trinajstić information content (AvgIpc) is 2.29. The number of carbonyl (C=O) groups excluding carboxylic acids is 1. The van der Waals surface area contributed by atoms with Crippen LogP contribution in [0, 0.1) is 17.8 Å². The quantitative estimate of drug-likeness (QED) is 0.774. The van der Waals surface area contributed by atoms with E-state index in [1.54, 1.807) is 0 Å². The molecule has 3 nitrogen and oxygen atoms in total. The Labute approximate surface area is 112 Å². The zero-order valence-electron chi connectivity index (χ0n) is 12.5. The maximum absolute atomic E-state index is 11.8. The van der Waals surface area contributed by atoms with Crippen molar-refractivity contribution in [1.82, 2.24) is 10.6 Å². The lowest BCUT2D eigenvalue weighted by molar-refractivity contribution is 0.222. The Morgan fingerprint density at radius 2 is 1.61 bits per heavy atom. The Balaban J connectivity index is 2.26. The van der Waals surface area contributed by atoms with Crippen molar-refractivity contribution in [2.75, 3.05) is 6.54 Å². The van der Waals surface area contributed by atoms with E-state index in [1.165, 1.54) is 19.3 Å². The van der Waals surface area contributed by atoms with Crippen LogP contribution in [-0.4, -0.2) is 18.6 Å². The van der Waals surface area contributed by atoms with E-state index in [4.69, 9.17) is 0 Å². The molecule has 0 aromatic heterocycles. The molecule has 0 heterocycles. The highest BCUT2D eigenvalue weighted by Crippen LogP contribution is 2.19. The molecule has 0 aromatic carbocycles. The molecule has 0 aliphatic heterocycles. The van der Waals surface area contributed by atoms with Crippen LogP contribution in [0.2, 0.25) is 0 Å². The molecular formula is C15H30N2O. The van der Waals surface area contributed by atoms with E-state index in [0.717, 1.165) is 19.4 Å². The van der Waals surface area contributed by atoms with Gasteiger partial charge in [0.15, 0.2) is 0 Å². The number of carbonyl (C=O) groups is 1. The molecule has 0 bridgehead atoms. The molecule has 1 saturated carbocycles. The molecule has 0 radical (unpaired) electrons. The number of nitrogens with one attached hydrogen (secondary N) is 2. The van der Waals surface area contributed by atoms with Gasteiger partial charge in [-0.3, -0.25) is 0 Å². The third kappa shape index (κ3) is 5.28. The van der Waals surface area contributed by atoms with Crippen LogP contribution in [0.4, 0.5) is 4.79 Å². The van der Waals surface area contributed by atoms with Crippen LogP contribution in [-0.2, 0) is 0 Å². The molecule has 2 N–H and O–H groups in total. The number of rotatable bonds is 5. The molecule has 0 unspecified atom stereocenters. The average molecular weight is 254 g/mol. The van der Waals surface area contributed by atoms with Crippen molar-refractivity contribution in [3.63, 3.8) is 0 Å². The van der Waals surface area contributed by atoms with E-state index in [9.17, 15) is 4.79 Å². The second-order valence-electron chi connectivity index (χ2n) is 6.34. The minimum atomic E-state index is 0.0215. The van der Waals surface area contributed by atoms with E-state index < -0.39 is 0 Å². The molecule has 0 spiro atoms. The first-order valence-electron chi connectivity index (χ1n) is 7.55. The van der Waals surface area contributed by atoms with Gasteiger partial charge >= 0.3 is 6.03 Å². The molecule has 0 aromatic rings. The van der Waals surface area contributed by atoms with Gasteiger partial charge in [-0.2, -0.15) is 0 Å². The molecule has 2 amide bonds. The third-order valence-electron chi connectivity index (χ3n) is 4.15. The first kappa shape index (κ1) is 15.3. The zero-order chi connectivity index (χ0) is 13.5. The summed E-state index contributed by atoms with van der Waals surface area (Å²) >= 11 is 0. The van der Waals surface area contributed by atoms with Crippen molar-refractivity contribution in [2.45, 2.75) is 65.8 Å². The molecule has 0 atom stereocenters. The van der Waals surface area contributed by atoms with Gasteiger partial charge in [-0.15, -0.1) is 0 Å². The molecule has 3 heteroatoms. The highest BCUT2D eigenvalue weighted by atomic mass is 16.2. The number of hydrogen-bond acceptors (Lipinski definition) is 1. The number of hydrogen-bond donors (Lipinski definition) is 2. The van der Waals surface area contributed by atoms with Crippen molar-refractivity contribution < 1.29 is 4.79 Å². The van der Waals surface area contributed by atoms with Crippen molar-refractivity contribution in [3.8, 4) is 0 Å². The fourth-order valence-electron chi connectivity index (χ4n) is 2.94. The summed E-state index contributed by atoms with van der Waals surface area (Å²) in [4.78, 5) is 11.8. The summed E-state index contributed by atoms with van der Waals surface area (Å²) in [6.07, 6.45) is 6.12. The molecule has 106 valence electrons. The van der Waals surface area contributed by atoms with Crippen molar-refractivity contribution in [3.05, 3.63) is 0 Å². The van der Waals surface area contributed by atoms with E-state index in [2.05, 4.69) is 38.3 Å². The van der Waals surface area contributed by atoms with Crippen LogP contribution in [0.5, 0.6) is 0 Å². The summed E-state index contributed by atoms with van der Waals surface area (Å²) in [5.41, 5.74) is 0. The molecule has 1 fully saturated rings. The fraction of sp³-hybridized carbons (Fsp3) is 0.933. The van der Waals surface area contributed by atoms with Crippen molar-refractivity contribution >= 4 is 6.03 Å². The summed E-state index contributed by atoms with van der Waals surface area (Å²) in [7, 11) is 0. The molecule has 18 heavy (non-hydrogen) atoms. The van der Waals surface area contributed by atoms with Crippen LogP contribution in [0.15, 0.2) is 0 Å². The second kappa shape index (κ2) is 7.65. The van der Waals surface area contributed by atoms with Gasteiger partial charge in [-0.1, -0.05) is 47.0 Å². The van der Waals surface area contributed by atoms with Gasteiger partial charge in [0.25, 0.3) is 0 Å². The molecular weight excluding hydrogens is 224 g/mol. The molecule has 1 aliphatic carbocycles. The second-order valence-corrected chi connectivity index (χ2v) is 6.34. The van der Waals surface area contributed by atoms with E-state index >= 15 is 0 Å². The van der Waals surface area contributed by atoms with Gasteiger partial charge in [0.05, 0.1) is 0 Å². The minimum absolute atomic E-state index is 0.0215. The Morgan fingerprint density at radius 1 is 1.06 bits per heavy atom. The monoisotopic (exact) mass is 254 g/mol. The smallest absolute Gasteiger partial charge is 0.315 e. The topological polar surface area (TPSA) is 41.1 Å². The summed E-state index contributed by atoms with van der Waals surface area (Å²) in [5.74, 6) is 1.78.